The molecule has 3 rings (SSSR count). The van der Waals surface area contributed by atoms with Gasteiger partial charge in [0.2, 0.25) is 9.84 Å². The van der Waals surface area contributed by atoms with Crippen molar-refractivity contribution in [3.05, 3.63) is 53.7 Å². The highest BCUT2D eigenvalue weighted by Gasteiger charge is 2.27. The minimum Gasteiger partial charge on any atom is -0.444 e. The van der Waals surface area contributed by atoms with Crippen LogP contribution in [0.2, 0.25) is 0 Å². The van der Waals surface area contributed by atoms with Gasteiger partial charge in [-0.05, 0) is 81.7 Å². The van der Waals surface area contributed by atoms with Gasteiger partial charge < -0.3 is 9.64 Å². The zero-order valence-electron chi connectivity index (χ0n) is 18.8. The molecule has 2 heterocycles. The van der Waals surface area contributed by atoms with Gasteiger partial charge in [-0.1, -0.05) is 25.1 Å². The molecular weight excluding hydrogens is 412 g/mol. The highest BCUT2D eigenvalue weighted by atomic mass is 32.2. The summed E-state index contributed by atoms with van der Waals surface area (Å²) >= 11 is 0. The Labute approximate surface area is 185 Å². The number of amides is 1. The molecule has 0 saturated carbocycles. The van der Waals surface area contributed by atoms with Gasteiger partial charge in [0.05, 0.1) is 4.90 Å². The first kappa shape index (κ1) is 23.3. The van der Waals surface area contributed by atoms with E-state index >= 15 is 0 Å². The zero-order valence-corrected chi connectivity index (χ0v) is 19.6. The van der Waals surface area contributed by atoms with E-state index in [2.05, 4.69) is 4.98 Å². The Bertz CT molecular complexity index is 1000. The molecule has 1 aliphatic rings. The molecule has 1 amide bonds. The molecule has 1 aromatic heterocycles. The van der Waals surface area contributed by atoms with Crippen molar-refractivity contribution >= 4 is 15.9 Å². The predicted molar refractivity (Wildman–Crippen MR) is 120 cm³/mol. The van der Waals surface area contributed by atoms with Gasteiger partial charge in [-0.25, -0.2) is 18.2 Å². The maximum Gasteiger partial charge on any atom is 0.410 e. The number of ether oxygens (including phenoxy) is 1. The first-order valence-electron chi connectivity index (χ1n) is 10.9. The van der Waals surface area contributed by atoms with E-state index in [1.165, 1.54) is 0 Å². The summed E-state index contributed by atoms with van der Waals surface area (Å²) in [7, 11) is -3.62. The molecule has 1 aliphatic heterocycles. The molecule has 0 bridgehead atoms. The largest absolute Gasteiger partial charge is 0.444 e. The van der Waals surface area contributed by atoms with E-state index in [0.29, 0.717) is 19.0 Å². The molecule has 0 N–H and O–H groups in total. The lowest BCUT2D eigenvalue weighted by atomic mass is 9.91. The van der Waals surface area contributed by atoms with Crippen molar-refractivity contribution in [3.8, 4) is 0 Å². The highest BCUT2D eigenvalue weighted by molar-refractivity contribution is 7.91. The van der Waals surface area contributed by atoms with Crippen LogP contribution in [0.1, 0.15) is 51.7 Å². The maximum atomic E-state index is 12.9. The second kappa shape index (κ2) is 9.39. The van der Waals surface area contributed by atoms with Crippen molar-refractivity contribution in [2.45, 2.75) is 68.9 Å². The third-order valence-corrected chi connectivity index (χ3v) is 7.15. The number of benzene rings is 1. The Hall–Kier alpha value is -2.41. The number of likely N-dealkylation sites (tertiary alicyclic amines) is 1. The number of aromatic nitrogens is 1. The zero-order chi connectivity index (χ0) is 22.6. The normalized spacial score (nSPS) is 15.7. The molecule has 0 spiro atoms. The van der Waals surface area contributed by atoms with Crippen molar-refractivity contribution < 1.29 is 17.9 Å². The predicted octanol–water partition coefficient (Wildman–Crippen LogP) is 4.67. The number of hydrogen-bond acceptors (Lipinski definition) is 5. The summed E-state index contributed by atoms with van der Waals surface area (Å²) in [6.45, 7) is 8.95. The number of nitrogens with zero attached hydrogens (tertiary/aromatic N) is 2. The summed E-state index contributed by atoms with van der Waals surface area (Å²) in [5, 5.41) is 0.0734. The number of carbonyl (C=O) groups excluding carboxylic acids is 1. The average molecular weight is 445 g/mol. The molecule has 0 unspecified atom stereocenters. The number of pyridine rings is 1. The lowest BCUT2D eigenvalue weighted by Crippen LogP contribution is -2.42. The SMILES string of the molecule is CCc1cccc(S(=O)(=O)c2ccc(CC3CCN(C(=O)OC(C)(C)C)CC3)cn2)c1. The van der Waals surface area contributed by atoms with Gasteiger partial charge in [0, 0.05) is 19.3 Å². The average Bonchev–Trinajstić information content (AvgIpc) is 2.73. The minimum atomic E-state index is -3.62. The molecular formula is C24H32N2O4S. The lowest BCUT2D eigenvalue weighted by Gasteiger charge is -2.33. The van der Waals surface area contributed by atoms with E-state index in [1.807, 2.05) is 39.8 Å². The van der Waals surface area contributed by atoms with Crippen LogP contribution in [0, 0.1) is 5.92 Å². The van der Waals surface area contributed by atoms with Crippen LogP contribution in [0.25, 0.3) is 0 Å². The topological polar surface area (TPSA) is 76.6 Å². The van der Waals surface area contributed by atoms with Crippen LogP contribution in [0.3, 0.4) is 0 Å². The second-order valence-corrected chi connectivity index (χ2v) is 11.0. The summed E-state index contributed by atoms with van der Waals surface area (Å²) in [4.78, 5) is 18.5. The van der Waals surface area contributed by atoms with Gasteiger partial charge in [0.25, 0.3) is 0 Å². The van der Waals surface area contributed by atoms with E-state index < -0.39 is 15.4 Å². The molecule has 1 fully saturated rings. The van der Waals surface area contributed by atoms with Crippen LogP contribution < -0.4 is 0 Å². The third kappa shape index (κ3) is 6.06. The molecule has 1 saturated heterocycles. The van der Waals surface area contributed by atoms with Crippen molar-refractivity contribution in [1.29, 1.82) is 0 Å². The van der Waals surface area contributed by atoms with Crippen LogP contribution in [0.4, 0.5) is 4.79 Å². The molecule has 6 nitrogen and oxygen atoms in total. The lowest BCUT2D eigenvalue weighted by molar-refractivity contribution is 0.0184. The van der Waals surface area contributed by atoms with E-state index in [-0.39, 0.29) is 16.0 Å². The second-order valence-electron chi connectivity index (χ2n) is 9.12. The molecule has 7 heteroatoms. The van der Waals surface area contributed by atoms with Crippen molar-refractivity contribution in [3.63, 3.8) is 0 Å². The summed E-state index contributed by atoms with van der Waals surface area (Å²) in [5.74, 6) is 0.434. The van der Waals surface area contributed by atoms with Crippen molar-refractivity contribution in [2.75, 3.05) is 13.1 Å². The highest BCUT2D eigenvalue weighted by Crippen LogP contribution is 2.25. The quantitative estimate of drug-likeness (QED) is 0.670. The van der Waals surface area contributed by atoms with Crippen molar-refractivity contribution in [1.82, 2.24) is 9.88 Å². The Kier molecular flexibility index (Phi) is 7.04. The molecule has 168 valence electrons. The van der Waals surface area contributed by atoms with Gasteiger partial charge in [0.15, 0.2) is 5.03 Å². The standard InChI is InChI=1S/C24H32N2O4S/c1-5-18-7-6-8-21(16-18)31(28,29)22-10-9-20(17-25-22)15-19-11-13-26(14-12-19)23(27)30-24(2,3)4/h6-10,16-17,19H,5,11-15H2,1-4H3. The van der Waals surface area contributed by atoms with E-state index in [0.717, 1.165) is 36.8 Å². The molecule has 0 aliphatic carbocycles. The van der Waals surface area contributed by atoms with Gasteiger partial charge in [-0.15, -0.1) is 0 Å². The van der Waals surface area contributed by atoms with Crippen LogP contribution >= 0.6 is 0 Å². The van der Waals surface area contributed by atoms with Crippen LogP contribution in [0.15, 0.2) is 52.5 Å². The number of piperidine rings is 1. The smallest absolute Gasteiger partial charge is 0.410 e. The summed E-state index contributed by atoms with van der Waals surface area (Å²) in [6.07, 6.45) is 4.79. The Morgan fingerprint density at radius 1 is 1.13 bits per heavy atom. The number of rotatable bonds is 5. The first-order chi connectivity index (χ1) is 14.6. The Morgan fingerprint density at radius 3 is 2.42 bits per heavy atom. The number of carbonyl (C=O) groups is 1. The van der Waals surface area contributed by atoms with E-state index in [9.17, 15) is 13.2 Å². The molecule has 31 heavy (non-hydrogen) atoms. The Morgan fingerprint density at radius 2 is 1.84 bits per heavy atom. The van der Waals surface area contributed by atoms with Gasteiger partial charge in [0.1, 0.15) is 5.60 Å². The summed E-state index contributed by atoms with van der Waals surface area (Å²) in [6, 6.07) is 10.5. The Balaban J connectivity index is 1.59. The first-order valence-corrected chi connectivity index (χ1v) is 12.3. The molecule has 0 radical (unpaired) electrons. The number of hydrogen-bond donors (Lipinski definition) is 0. The molecule has 1 aromatic carbocycles. The van der Waals surface area contributed by atoms with Crippen molar-refractivity contribution in [2.24, 2.45) is 5.92 Å². The fourth-order valence-electron chi connectivity index (χ4n) is 3.72. The fourth-order valence-corrected chi connectivity index (χ4v) is 4.97. The maximum absolute atomic E-state index is 12.9. The molecule has 2 aromatic rings. The number of sulfone groups is 1. The molecule has 0 atom stereocenters. The summed E-state index contributed by atoms with van der Waals surface area (Å²) < 4.78 is 31.2. The monoisotopic (exact) mass is 444 g/mol. The minimum absolute atomic E-state index is 0.0734. The van der Waals surface area contributed by atoms with Gasteiger partial charge in [-0.2, -0.15) is 0 Å². The van der Waals surface area contributed by atoms with Gasteiger partial charge in [-0.3, -0.25) is 0 Å². The third-order valence-electron chi connectivity index (χ3n) is 5.48. The number of aryl methyl sites for hydroxylation is 1. The fraction of sp³-hybridized carbons (Fsp3) is 0.500. The summed E-state index contributed by atoms with van der Waals surface area (Å²) in [5.41, 5.74) is 1.51. The van der Waals surface area contributed by atoms with Crippen LogP contribution in [0.5, 0.6) is 0 Å². The van der Waals surface area contributed by atoms with Crippen LogP contribution in [-0.2, 0) is 27.4 Å². The van der Waals surface area contributed by atoms with Crippen LogP contribution in [-0.4, -0.2) is 43.1 Å². The van der Waals surface area contributed by atoms with E-state index in [4.69, 9.17) is 4.74 Å². The van der Waals surface area contributed by atoms with E-state index in [1.54, 1.807) is 35.4 Å². The van der Waals surface area contributed by atoms with Gasteiger partial charge >= 0.3 is 6.09 Å².